The van der Waals surface area contributed by atoms with E-state index >= 15 is 0 Å². The van der Waals surface area contributed by atoms with Crippen LogP contribution in [0.2, 0.25) is 0 Å². The number of hydrogen-bond acceptors (Lipinski definition) is 3. The van der Waals surface area contributed by atoms with Gasteiger partial charge in [-0.05, 0) is 36.4 Å². The quantitative estimate of drug-likeness (QED) is 0.905. The normalized spacial score (nSPS) is 25.2. The second-order valence-electron chi connectivity index (χ2n) is 7.45. The molecule has 122 valence electrons. The number of likely N-dealkylation sites (tertiary alicyclic amines) is 1. The molecule has 0 bridgehead atoms. The van der Waals surface area contributed by atoms with Crippen LogP contribution in [0.4, 0.5) is 0 Å². The summed E-state index contributed by atoms with van der Waals surface area (Å²) in [5, 5.41) is 9.71. The summed E-state index contributed by atoms with van der Waals surface area (Å²) < 4.78 is 5.37. The zero-order valence-corrected chi connectivity index (χ0v) is 13.9. The highest BCUT2D eigenvalue weighted by Crippen LogP contribution is 2.36. The first-order chi connectivity index (χ1) is 10.6. The smallest absolute Gasteiger partial charge is 0.0579 e. The van der Waals surface area contributed by atoms with Crippen molar-refractivity contribution in [1.82, 2.24) is 4.90 Å². The molecular weight excluding hydrogens is 274 g/mol. The molecule has 0 aliphatic carbocycles. The van der Waals surface area contributed by atoms with E-state index in [0.29, 0.717) is 25.2 Å². The van der Waals surface area contributed by atoms with Gasteiger partial charge in [-0.25, -0.2) is 0 Å². The Morgan fingerprint density at radius 3 is 2.50 bits per heavy atom. The summed E-state index contributed by atoms with van der Waals surface area (Å²) in [5.41, 5.74) is 2.82. The van der Waals surface area contributed by atoms with Crippen LogP contribution in [0.5, 0.6) is 0 Å². The van der Waals surface area contributed by atoms with Crippen molar-refractivity contribution in [2.45, 2.75) is 45.1 Å². The maximum absolute atomic E-state index is 9.71. The van der Waals surface area contributed by atoms with E-state index in [-0.39, 0.29) is 12.0 Å². The highest BCUT2D eigenvalue weighted by molar-refractivity contribution is 5.27. The summed E-state index contributed by atoms with van der Waals surface area (Å²) in [6.07, 6.45) is 3.79. The highest BCUT2D eigenvalue weighted by atomic mass is 16.5. The van der Waals surface area contributed by atoms with Gasteiger partial charge in [-0.15, -0.1) is 0 Å². The number of aliphatic hydroxyl groups excluding tert-OH is 1. The summed E-state index contributed by atoms with van der Waals surface area (Å²) in [6, 6.07) is 9.67. The molecule has 2 aliphatic rings. The Balaban J connectivity index is 1.74. The molecule has 0 radical (unpaired) electrons. The molecule has 2 saturated heterocycles. The summed E-state index contributed by atoms with van der Waals surface area (Å²) >= 11 is 0. The Hall–Kier alpha value is -0.900. The van der Waals surface area contributed by atoms with Crippen molar-refractivity contribution in [2.24, 2.45) is 5.41 Å². The fraction of sp³-hybridized carbons (Fsp3) is 0.684. The minimum Gasteiger partial charge on any atom is -0.396 e. The van der Waals surface area contributed by atoms with Gasteiger partial charge in [-0.1, -0.05) is 44.5 Å². The van der Waals surface area contributed by atoms with Crippen LogP contribution in [-0.2, 0) is 4.74 Å². The molecule has 1 atom stereocenters. The van der Waals surface area contributed by atoms with Crippen molar-refractivity contribution in [3.63, 3.8) is 0 Å². The number of rotatable bonds is 5. The average Bonchev–Trinajstić information content (AvgIpc) is 2.51. The van der Waals surface area contributed by atoms with Crippen molar-refractivity contribution in [3.05, 3.63) is 35.4 Å². The molecule has 0 spiro atoms. The second-order valence-corrected chi connectivity index (χ2v) is 7.45. The first-order valence-corrected chi connectivity index (χ1v) is 8.66. The molecule has 1 aromatic rings. The van der Waals surface area contributed by atoms with E-state index < -0.39 is 0 Å². The molecule has 1 aromatic carbocycles. The Morgan fingerprint density at radius 2 is 1.95 bits per heavy atom. The lowest BCUT2D eigenvalue weighted by Gasteiger charge is -2.47. The fourth-order valence-corrected chi connectivity index (χ4v) is 3.71. The maximum Gasteiger partial charge on any atom is 0.0579 e. The Kier molecular flexibility index (Phi) is 4.86. The van der Waals surface area contributed by atoms with Crippen molar-refractivity contribution in [1.29, 1.82) is 0 Å². The predicted octanol–water partition coefficient (Wildman–Crippen LogP) is 3.35. The zero-order valence-electron chi connectivity index (χ0n) is 13.9. The Morgan fingerprint density at radius 1 is 1.23 bits per heavy atom. The van der Waals surface area contributed by atoms with Crippen molar-refractivity contribution in [3.8, 4) is 0 Å². The number of benzene rings is 1. The number of aliphatic hydroxyl groups is 1. The van der Waals surface area contributed by atoms with Crippen LogP contribution in [0, 0.1) is 5.41 Å². The topological polar surface area (TPSA) is 32.7 Å². The SMILES string of the molecule is CC(C)c1ccc([C@@H]2CCCCN2CC2(CO)COC2)cc1. The summed E-state index contributed by atoms with van der Waals surface area (Å²) in [7, 11) is 0. The molecular formula is C19H29NO2. The van der Waals surface area contributed by atoms with Gasteiger partial charge < -0.3 is 9.84 Å². The number of hydrogen-bond donors (Lipinski definition) is 1. The van der Waals surface area contributed by atoms with Crippen LogP contribution in [0.1, 0.15) is 56.2 Å². The molecule has 1 N–H and O–H groups in total. The van der Waals surface area contributed by atoms with Gasteiger partial charge >= 0.3 is 0 Å². The third kappa shape index (κ3) is 3.22. The monoisotopic (exact) mass is 303 g/mol. The van der Waals surface area contributed by atoms with Gasteiger partial charge in [0, 0.05) is 12.6 Å². The second kappa shape index (κ2) is 6.69. The first-order valence-electron chi connectivity index (χ1n) is 8.66. The van der Waals surface area contributed by atoms with Crippen molar-refractivity contribution in [2.75, 3.05) is 32.9 Å². The van der Waals surface area contributed by atoms with Crippen LogP contribution >= 0.6 is 0 Å². The molecule has 3 nitrogen and oxygen atoms in total. The Bertz CT molecular complexity index is 473. The van der Waals surface area contributed by atoms with Gasteiger partial charge in [0.15, 0.2) is 0 Å². The Labute approximate surface area is 134 Å². The van der Waals surface area contributed by atoms with Crippen LogP contribution in [0.3, 0.4) is 0 Å². The lowest BCUT2D eigenvalue weighted by Crippen LogP contribution is -2.54. The standard InChI is InChI=1S/C19H29NO2/c1-15(2)16-6-8-17(9-7-16)18-5-3-4-10-20(18)11-19(12-21)13-22-14-19/h6-9,15,18,21H,3-5,10-14H2,1-2H3/t18-/m0/s1. The highest BCUT2D eigenvalue weighted by Gasteiger charge is 2.41. The number of ether oxygens (including phenoxy) is 1. The lowest BCUT2D eigenvalue weighted by atomic mass is 9.84. The fourth-order valence-electron chi connectivity index (χ4n) is 3.71. The molecule has 0 aromatic heterocycles. The minimum atomic E-state index is -0.0204. The van der Waals surface area contributed by atoms with Crippen molar-refractivity contribution >= 4 is 0 Å². The molecule has 2 fully saturated rings. The van der Waals surface area contributed by atoms with E-state index in [4.69, 9.17) is 4.74 Å². The molecule has 2 heterocycles. The van der Waals surface area contributed by atoms with E-state index in [2.05, 4.69) is 43.0 Å². The van der Waals surface area contributed by atoms with E-state index in [1.807, 2.05) is 0 Å². The van der Waals surface area contributed by atoms with Crippen LogP contribution < -0.4 is 0 Å². The average molecular weight is 303 g/mol. The van der Waals surface area contributed by atoms with E-state index in [1.54, 1.807) is 0 Å². The third-order valence-electron chi connectivity index (χ3n) is 5.29. The van der Waals surface area contributed by atoms with E-state index in [9.17, 15) is 5.11 Å². The van der Waals surface area contributed by atoms with Gasteiger partial charge in [-0.2, -0.15) is 0 Å². The third-order valence-corrected chi connectivity index (χ3v) is 5.29. The molecule has 2 aliphatic heterocycles. The molecule has 0 amide bonds. The van der Waals surface area contributed by atoms with E-state index in [1.165, 1.54) is 30.4 Å². The van der Waals surface area contributed by atoms with Gasteiger partial charge in [0.05, 0.1) is 25.2 Å². The summed E-state index contributed by atoms with van der Waals surface area (Å²) in [4.78, 5) is 2.58. The first kappa shape index (κ1) is 16.0. The van der Waals surface area contributed by atoms with Gasteiger partial charge in [-0.3, -0.25) is 4.90 Å². The van der Waals surface area contributed by atoms with Crippen LogP contribution in [-0.4, -0.2) is 42.9 Å². The lowest BCUT2D eigenvalue weighted by molar-refractivity contribution is -0.153. The molecule has 3 heteroatoms. The molecule has 22 heavy (non-hydrogen) atoms. The summed E-state index contributed by atoms with van der Waals surface area (Å²) in [6.45, 7) is 8.23. The van der Waals surface area contributed by atoms with Crippen LogP contribution in [0.25, 0.3) is 0 Å². The van der Waals surface area contributed by atoms with Crippen molar-refractivity contribution < 1.29 is 9.84 Å². The summed E-state index contributed by atoms with van der Waals surface area (Å²) in [5.74, 6) is 0.585. The molecule has 3 rings (SSSR count). The van der Waals surface area contributed by atoms with E-state index in [0.717, 1.165) is 13.1 Å². The largest absolute Gasteiger partial charge is 0.396 e. The van der Waals surface area contributed by atoms with Gasteiger partial charge in [0.2, 0.25) is 0 Å². The molecule has 0 unspecified atom stereocenters. The molecule has 0 saturated carbocycles. The maximum atomic E-state index is 9.71. The van der Waals surface area contributed by atoms with Gasteiger partial charge in [0.25, 0.3) is 0 Å². The minimum absolute atomic E-state index is 0.0204. The zero-order chi connectivity index (χ0) is 15.6. The van der Waals surface area contributed by atoms with Crippen LogP contribution in [0.15, 0.2) is 24.3 Å². The van der Waals surface area contributed by atoms with Gasteiger partial charge in [0.1, 0.15) is 0 Å². The predicted molar refractivity (Wildman–Crippen MR) is 89.0 cm³/mol. The number of nitrogens with zero attached hydrogens (tertiary/aromatic N) is 1. The number of piperidine rings is 1.